The zero-order valence-corrected chi connectivity index (χ0v) is 10.5. The van der Waals surface area contributed by atoms with Gasteiger partial charge in [-0.25, -0.2) is 0 Å². The zero-order chi connectivity index (χ0) is 12.3. The minimum absolute atomic E-state index is 0.139. The van der Waals surface area contributed by atoms with Gasteiger partial charge in [0.1, 0.15) is 0 Å². The van der Waals surface area contributed by atoms with Crippen molar-refractivity contribution < 1.29 is 14.3 Å². The number of esters is 1. The van der Waals surface area contributed by atoms with Crippen LogP contribution in [0.2, 0.25) is 0 Å². The molecule has 16 heavy (non-hydrogen) atoms. The lowest BCUT2D eigenvalue weighted by atomic mass is 10.1. The molecule has 0 N–H and O–H groups in total. The molecule has 1 aliphatic carbocycles. The summed E-state index contributed by atoms with van der Waals surface area (Å²) in [6.45, 7) is 6.20. The van der Waals surface area contributed by atoms with Gasteiger partial charge >= 0.3 is 5.97 Å². The fraction of sp³-hybridized carbons (Fsp3) is 0.833. The fourth-order valence-electron chi connectivity index (χ4n) is 1.69. The molecule has 1 saturated carbocycles. The van der Waals surface area contributed by atoms with Gasteiger partial charge in [-0.1, -0.05) is 6.92 Å². The van der Waals surface area contributed by atoms with E-state index in [4.69, 9.17) is 0 Å². The molecule has 1 amide bonds. The molecule has 0 saturated heterocycles. The van der Waals surface area contributed by atoms with Crippen LogP contribution >= 0.6 is 0 Å². The summed E-state index contributed by atoms with van der Waals surface area (Å²) in [5, 5.41) is 0. The van der Waals surface area contributed by atoms with E-state index in [1.807, 2.05) is 13.8 Å². The number of carbonyl (C=O) groups is 2. The van der Waals surface area contributed by atoms with Gasteiger partial charge in [0.2, 0.25) is 5.91 Å². The number of hydrogen-bond acceptors (Lipinski definition) is 3. The van der Waals surface area contributed by atoms with Crippen LogP contribution < -0.4 is 0 Å². The highest BCUT2D eigenvalue weighted by atomic mass is 16.5. The fourth-order valence-corrected chi connectivity index (χ4v) is 1.69. The van der Waals surface area contributed by atoms with E-state index in [-0.39, 0.29) is 29.8 Å². The molecular formula is C12H21NO3. The second-order valence-corrected chi connectivity index (χ2v) is 4.78. The molecule has 0 heterocycles. The number of ether oxygens (including phenoxy) is 1. The third-order valence-electron chi connectivity index (χ3n) is 2.91. The Morgan fingerprint density at radius 3 is 2.25 bits per heavy atom. The van der Waals surface area contributed by atoms with Gasteiger partial charge in [-0.15, -0.1) is 0 Å². The summed E-state index contributed by atoms with van der Waals surface area (Å²) in [5.74, 6) is -0.123. The average Bonchev–Trinajstić information content (AvgIpc) is 3.06. The van der Waals surface area contributed by atoms with Gasteiger partial charge in [0, 0.05) is 18.5 Å². The first-order valence-corrected chi connectivity index (χ1v) is 5.85. The Hall–Kier alpha value is -1.06. The van der Waals surface area contributed by atoms with Gasteiger partial charge in [-0.05, 0) is 26.7 Å². The third kappa shape index (κ3) is 3.22. The molecule has 92 valence electrons. The number of nitrogens with zero attached hydrogens (tertiary/aromatic N) is 1. The quantitative estimate of drug-likeness (QED) is 0.668. The Labute approximate surface area is 96.9 Å². The lowest BCUT2D eigenvalue weighted by molar-refractivity contribution is -0.147. The maximum absolute atomic E-state index is 12.0. The molecule has 1 atom stereocenters. The smallest absolute Gasteiger partial charge is 0.310 e. The lowest BCUT2D eigenvalue weighted by Crippen LogP contribution is -2.42. The first-order valence-electron chi connectivity index (χ1n) is 5.85. The van der Waals surface area contributed by atoms with Gasteiger partial charge < -0.3 is 9.64 Å². The van der Waals surface area contributed by atoms with Crippen LogP contribution in [0.4, 0.5) is 0 Å². The summed E-state index contributed by atoms with van der Waals surface area (Å²) in [6.07, 6.45) is 1.99. The SMILES string of the molecule is COC(=O)C(C)CN(C(=O)C1CC1)C(C)C. The summed E-state index contributed by atoms with van der Waals surface area (Å²) >= 11 is 0. The predicted octanol–water partition coefficient (Wildman–Crippen LogP) is 1.44. The summed E-state index contributed by atoms with van der Waals surface area (Å²) in [5.41, 5.74) is 0. The Balaban J connectivity index is 2.56. The first kappa shape index (κ1) is 13.0. The molecule has 0 bridgehead atoms. The molecule has 0 aromatic carbocycles. The van der Waals surface area contributed by atoms with Crippen molar-refractivity contribution in [1.29, 1.82) is 0 Å². The summed E-state index contributed by atoms with van der Waals surface area (Å²) < 4.78 is 4.67. The molecule has 1 fully saturated rings. The van der Waals surface area contributed by atoms with Crippen LogP contribution in [-0.4, -0.2) is 36.5 Å². The second kappa shape index (κ2) is 5.32. The molecule has 1 rings (SSSR count). The van der Waals surface area contributed by atoms with Crippen molar-refractivity contribution in [3.8, 4) is 0 Å². The standard InChI is InChI=1S/C12H21NO3/c1-8(2)13(11(14)10-5-6-10)7-9(3)12(15)16-4/h8-10H,5-7H2,1-4H3. The van der Waals surface area contributed by atoms with Crippen molar-refractivity contribution in [3.05, 3.63) is 0 Å². The largest absolute Gasteiger partial charge is 0.469 e. The highest BCUT2D eigenvalue weighted by Crippen LogP contribution is 2.31. The van der Waals surface area contributed by atoms with Crippen molar-refractivity contribution in [2.45, 2.75) is 39.7 Å². The van der Waals surface area contributed by atoms with Crippen LogP contribution in [0.25, 0.3) is 0 Å². The predicted molar refractivity (Wildman–Crippen MR) is 60.8 cm³/mol. The molecule has 4 nitrogen and oxygen atoms in total. The molecule has 0 radical (unpaired) electrons. The molecule has 0 aliphatic heterocycles. The van der Waals surface area contributed by atoms with E-state index in [1.165, 1.54) is 7.11 Å². The molecule has 0 aromatic rings. The lowest BCUT2D eigenvalue weighted by Gasteiger charge is -2.28. The summed E-state index contributed by atoms with van der Waals surface area (Å²) in [7, 11) is 1.38. The normalized spacial score (nSPS) is 17.1. The molecule has 0 aromatic heterocycles. The van der Waals surface area contributed by atoms with E-state index < -0.39 is 0 Å². The van der Waals surface area contributed by atoms with Crippen LogP contribution in [0.1, 0.15) is 33.6 Å². The third-order valence-corrected chi connectivity index (χ3v) is 2.91. The van der Waals surface area contributed by atoms with Crippen LogP contribution in [0.3, 0.4) is 0 Å². The van der Waals surface area contributed by atoms with Gasteiger partial charge in [0.25, 0.3) is 0 Å². The van der Waals surface area contributed by atoms with Crippen molar-refractivity contribution in [3.63, 3.8) is 0 Å². The molecular weight excluding hydrogens is 206 g/mol. The van der Waals surface area contributed by atoms with Crippen LogP contribution in [0, 0.1) is 11.8 Å². The second-order valence-electron chi connectivity index (χ2n) is 4.78. The van der Waals surface area contributed by atoms with E-state index in [9.17, 15) is 9.59 Å². The highest BCUT2D eigenvalue weighted by molar-refractivity contribution is 5.82. The van der Waals surface area contributed by atoms with Crippen molar-refractivity contribution in [1.82, 2.24) is 4.90 Å². The van der Waals surface area contributed by atoms with Crippen molar-refractivity contribution in [2.24, 2.45) is 11.8 Å². The zero-order valence-electron chi connectivity index (χ0n) is 10.5. The van der Waals surface area contributed by atoms with Crippen LogP contribution in [0.15, 0.2) is 0 Å². The van der Waals surface area contributed by atoms with Gasteiger partial charge in [0.15, 0.2) is 0 Å². The maximum atomic E-state index is 12.0. The van der Waals surface area contributed by atoms with E-state index in [2.05, 4.69) is 4.74 Å². The molecule has 4 heteroatoms. The van der Waals surface area contributed by atoms with E-state index in [0.29, 0.717) is 6.54 Å². The summed E-state index contributed by atoms with van der Waals surface area (Å²) in [4.78, 5) is 25.1. The number of amides is 1. The van der Waals surface area contributed by atoms with E-state index in [0.717, 1.165) is 12.8 Å². The minimum atomic E-state index is -0.255. The number of methoxy groups -OCH3 is 1. The van der Waals surface area contributed by atoms with Crippen LogP contribution in [0.5, 0.6) is 0 Å². The molecule has 0 spiro atoms. The summed E-state index contributed by atoms with van der Waals surface area (Å²) in [6, 6.07) is 0.139. The topological polar surface area (TPSA) is 46.6 Å². The number of hydrogen-bond donors (Lipinski definition) is 0. The maximum Gasteiger partial charge on any atom is 0.310 e. The average molecular weight is 227 g/mol. The van der Waals surface area contributed by atoms with Crippen molar-refractivity contribution >= 4 is 11.9 Å². The number of carbonyl (C=O) groups excluding carboxylic acids is 2. The van der Waals surface area contributed by atoms with Gasteiger partial charge in [-0.3, -0.25) is 9.59 Å². The van der Waals surface area contributed by atoms with Gasteiger partial charge in [0.05, 0.1) is 13.0 Å². The molecule has 1 aliphatic rings. The number of rotatable bonds is 5. The van der Waals surface area contributed by atoms with Crippen molar-refractivity contribution in [2.75, 3.05) is 13.7 Å². The Bertz CT molecular complexity index is 271. The minimum Gasteiger partial charge on any atom is -0.469 e. The van der Waals surface area contributed by atoms with E-state index in [1.54, 1.807) is 11.8 Å². The van der Waals surface area contributed by atoms with E-state index >= 15 is 0 Å². The van der Waals surface area contributed by atoms with Crippen LogP contribution in [-0.2, 0) is 14.3 Å². The monoisotopic (exact) mass is 227 g/mol. The Morgan fingerprint density at radius 1 is 1.31 bits per heavy atom. The first-order chi connectivity index (χ1) is 7.47. The van der Waals surface area contributed by atoms with Gasteiger partial charge in [-0.2, -0.15) is 0 Å². The highest BCUT2D eigenvalue weighted by Gasteiger charge is 2.35. The Kier molecular flexibility index (Phi) is 4.33. The Morgan fingerprint density at radius 2 is 1.88 bits per heavy atom. The molecule has 1 unspecified atom stereocenters.